The summed E-state index contributed by atoms with van der Waals surface area (Å²) in [5.41, 5.74) is 12.4. The third-order valence-electron chi connectivity index (χ3n) is 5.54. The highest BCUT2D eigenvalue weighted by atomic mass is 16.5. The van der Waals surface area contributed by atoms with E-state index in [0.29, 0.717) is 22.8 Å². The van der Waals surface area contributed by atoms with Gasteiger partial charge in [-0.1, -0.05) is 24.3 Å². The summed E-state index contributed by atoms with van der Waals surface area (Å²) in [6.07, 6.45) is 2.68. The van der Waals surface area contributed by atoms with Crippen molar-refractivity contribution in [3.05, 3.63) is 53.1 Å². The summed E-state index contributed by atoms with van der Waals surface area (Å²) in [5.74, 6) is 1.82. The topological polar surface area (TPSA) is 90.4 Å². The van der Waals surface area contributed by atoms with Crippen LogP contribution in [0.25, 0.3) is 22.4 Å². The van der Waals surface area contributed by atoms with E-state index in [9.17, 15) is 5.26 Å². The summed E-state index contributed by atoms with van der Waals surface area (Å²) >= 11 is 0. The van der Waals surface area contributed by atoms with Gasteiger partial charge in [0.05, 0.1) is 27.0 Å². The number of nitrogens with zero attached hydrogens (tertiary/aromatic N) is 2. The number of benzene rings is 2. The molecule has 2 aromatic carbocycles. The quantitative estimate of drug-likeness (QED) is 0.697. The smallest absolute Gasteiger partial charge is 0.203 e. The molecule has 2 N–H and O–H groups in total. The summed E-state index contributed by atoms with van der Waals surface area (Å²) in [7, 11) is 4.73. The fourth-order valence-electron chi connectivity index (χ4n) is 4.19. The Morgan fingerprint density at radius 3 is 2.33 bits per heavy atom. The number of anilines is 1. The van der Waals surface area contributed by atoms with E-state index in [1.165, 1.54) is 5.56 Å². The van der Waals surface area contributed by atoms with Gasteiger partial charge in [-0.2, -0.15) is 5.26 Å². The van der Waals surface area contributed by atoms with Crippen LogP contribution >= 0.6 is 0 Å². The maximum absolute atomic E-state index is 9.86. The van der Waals surface area contributed by atoms with Crippen LogP contribution in [0.4, 0.5) is 5.82 Å². The molecule has 0 spiro atoms. The minimum Gasteiger partial charge on any atom is -0.493 e. The first kappa shape index (κ1) is 19.6. The number of nitrogen functional groups attached to an aromatic ring is 1. The number of nitriles is 1. The molecule has 0 fully saturated rings. The second-order valence-corrected chi connectivity index (χ2v) is 7.11. The lowest BCUT2D eigenvalue weighted by Crippen LogP contribution is -2.05. The number of ether oxygens (including phenoxy) is 3. The van der Waals surface area contributed by atoms with Gasteiger partial charge < -0.3 is 19.9 Å². The lowest BCUT2D eigenvalue weighted by Gasteiger charge is -2.19. The fourth-order valence-corrected chi connectivity index (χ4v) is 4.19. The monoisotopic (exact) mass is 401 g/mol. The van der Waals surface area contributed by atoms with Gasteiger partial charge in [0.15, 0.2) is 11.5 Å². The number of hydrogen-bond acceptors (Lipinski definition) is 6. The number of pyridine rings is 1. The highest BCUT2D eigenvalue weighted by Crippen LogP contribution is 2.45. The van der Waals surface area contributed by atoms with E-state index in [1.807, 2.05) is 24.3 Å². The Bertz CT molecular complexity index is 1140. The van der Waals surface area contributed by atoms with Crippen LogP contribution < -0.4 is 19.9 Å². The molecule has 0 amide bonds. The van der Waals surface area contributed by atoms with Gasteiger partial charge in [-0.25, -0.2) is 4.98 Å². The Balaban J connectivity index is 2.06. The van der Waals surface area contributed by atoms with Crippen LogP contribution in [0, 0.1) is 11.3 Å². The number of aryl methyl sites for hydroxylation is 1. The maximum atomic E-state index is 9.86. The molecule has 0 bridgehead atoms. The summed E-state index contributed by atoms with van der Waals surface area (Å²) in [6, 6.07) is 14.2. The van der Waals surface area contributed by atoms with Gasteiger partial charge in [0.1, 0.15) is 17.5 Å². The standard InChI is InChI=1S/C24H23N3O3/c1-28-19-11-15(12-20(29-2)23(19)30-3)22-17-10-6-8-14-7-4-5-9-16(14)21(17)18(13-25)24(26)27-22/h4-5,7,9,11-12H,6,8,10H2,1-3H3,(H2,26,27). The molecule has 1 aliphatic rings. The van der Waals surface area contributed by atoms with Crippen LogP contribution in [-0.4, -0.2) is 26.3 Å². The summed E-state index contributed by atoms with van der Waals surface area (Å²) in [5, 5.41) is 9.86. The average molecular weight is 401 g/mol. The molecule has 6 heteroatoms. The average Bonchev–Trinajstić information content (AvgIpc) is 2.97. The van der Waals surface area contributed by atoms with Crippen LogP contribution in [0.1, 0.15) is 23.1 Å². The molecule has 152 valence electrons. The van der Waals surface area contributed by atoms with Crippen LogP contribution in [0.3, 0.4) is 0 Å². The van der Waals surface area contributed by atoms with E-state index < -0.39 is 0 Å². The lowest BCUT2D eigenvalue weighted by molar-refractivity contribution is 0.324. The molecular weight excluding hydrogens is 378 g/mol. The Morgan fingerprint density at radius 2 is 1.70 bits per heavy atom. The zero-order chi connectivity index (χ0) is 21.3. The van der Waals surface area contributed by atoms with E-state index in [-0.39, 0.29) is 5.82 Å². The number of methoxy groups -OCH3 is 3. The number of aromatic nitrogens is 1. The van der Waals surface area contributed by atoms with Crippen molar-refractivity contribution in [2.45, 2.75) is 19.3 Å². The van der Waals surface area contributed by atoms with Crippen molar-refractivity contribution >= 4 is 5.82 Å². The second-order valence-electron chi connectivity index (χ2n) is 7.11. The third-order valence-corrected chi connectivity index (χ3v) is 5.54. The molecule has 0 atom stereocenters. The van der Waals surface area contributed by atoms with Crippen LogP contribution in [0.2, 0.25) is 0 Å². The van der Waals surface area contributed by atoms with E-state index in [2.05, 4.69) is 23.2 Å². The van der Waals surface area contributed by atoms with Gasteiger partial charge in [0, 0.05) is 11.1 Å². The molecule has 0 radical (unpaired) electrons. The number of hydrogen-bond donors (Lipinski definition) is 1. The Kier molecular flexibility index (Phi) is 5.20. The van der Waals surface area contributed by atoms with Crippen molar-refractivity contribution in [2.24, 2.45) is 0 Å². The Hall–Kier alpha value is -3.72. The fraction of sp³-hybridized carbons (Fsp3) is 0.250. The van der Waals surface area contributed by atoms with Crippen LogP contribution in [0.15, 0.2) is 36.4 Å². The van der Waals surface area contributed by atoms with Gasteiger partial charge in [-0.05, 0) is 48.1 Å². The maximum Gasteiger partial charge on any atom is 0.203 e. The van der Waals surface area contributed by atoms with Crippen molar-refractivity contribution in [2.75, 3.05) is 27.1 Å². The van der Waals surface area contributed by atoms with Crippen LogP contribution in [0.5, 0.6) is 17.2 Å². The predicted molar refractivity (Wildman–Crippen MR) is 116 cm³/mol. The van der Waals surface area contributed by atoms with E-state index >= 15 is 0 Å². The molecular formula is C24H23N3O3. The minimum absolute atomic E-state index is 0.219. The largest absolute Gasteiger partial charge is 0.493 e. The van der Waals surface area contributed by atoms with Crippen molar-refractivity contribution in [1.82, 2.24) is 4.98 Å². The van der Waals surface area contributed by atoms with Crippen LogP contribution in [-0.2, 0) is 12.8 Å². The summed E-state index contributed by atoms with van der Waals surface area (Å²) in [4.78, 5) is 4.65. The van der Waals surface area contributed by atoms with E-state index in [0.717, 1.165) is 47.2 Å². The highest BCUT2D eigenvalue weighted by molar-refractivity contribution is 5.87. The molecule has 1 heterocycles. The first-order valence-electron chi connectivity index (χ1n) is 9.74. The predicted octanol–water partition coefficient (Wildman–Crippen LogP) is 4.38. The molecule has 0 aliphatic heterocycles. The van der Waals surface area contributed by atoms with Gasteiger partial charge in [0.2, 0.25) is 5.75 Å². The van der Waals surface area contributed by atoms with Crippen molar-refractivity contribution < 1.29 is 14.2 Å². The highest BCUT2D eigenvalue weighted by Gasteiger charge is 2.25. The van der Waals surface area contributed by atoms with Gasteiger partial charge in [0.25, 0.3) is 0 Å². The summed E-state index contributed by atoms with van der Waals surface area (Å²) < 4.78 is 16.5. The van der Waals surface area contributed by atoms with Crippen molar-refractivity contribution in [1.29, 1.82) is 5.26 Å². The molecule has 1 aromatic heterocycles. The van der Waals surface area contributed by atoms with E-state index in [1.54, 1.807) is 21.3 Å². The first-order valence-corrected chi connectivity index (χ1v) is 9.74. The Morgan fingerprint density at radius 1 is 1.00 bits per heavy atom. The molecule has 4 rings (SSSR count). The number of fused-ring (bicyclic) bond motifs is 3. The zero-order valence-corrected chi connectivity index (χ0v) is 17.3. The zero-order valence-electron chi connectivity index (χ0n) is 17.3. The molecule has 3 aromatic rings. The molecule has 0 saturated carbocycles. The minimum atomic E-state index is 0.219. The normalized spacial score (nSPS) is 12.2. The first-order chi connectivity index (χ1) is 14.6. The number of rotatable bonds is 4. The SMILES string of the molecule is COc1cc(-c2nc(N)c(C#N)c3c2CCCc2ccccc2-3)cc(OC)c1OC. The number of nitrogens with two attached hydrogens (primary N) is 1. The van der Waals surface area contributed by atoms with Crippen molar-refractivity contribution in [3.8, 4) is 45.7 Å². The van der Waals surface area contributed by atoms with Crippen molar-refractivity contribution in [3.63, 3.8) is 0 Å². The van der Waals surface area contributed by atoms with Gasteiger partial charge in [-0.3, -0.25) is 0 Å². The molecule has 0 unspecified atom stereocenters. The Labute approximate surface area is 175 Å². The molecule has 0 saturated heterocycles. The molecule has 30 heavy (non-hydrogen) atoms. The summed E-state index contributed by atoms with van der Waals surface area (Å²) in [6.45, 7) is 0. The lowest BCUT2D eigenvalue weighted by atomic mass is 9.90. The van der Waals surface area contributed by atoms with E-state index in [4.69, 9.17) is 19.9 Å². The van der Waals surface area contributed by atoms with Gasteiger partial charge >= 0.3 is 0 Å². The van der Waals surface area contributed by atoms with Gasteiger partial charge in [-0.15, -0.1) is 0 Å². The molecule has 1 aliphatic carbocycles. The molecule has 6 nitrogen and oxygen atoms in total. The second kappa shape index (κ2) is 7.96. The third kappa shape index (κ3) is 3.09.